The average molecular weight is 398 g/mol. The molecule has 4 rings (SSSR count). The first-order chi connectivity index (χ1) is 13.5. The van der Waals surface area contributed by atoms with Gasteiger partial charge in [0.25, 0.3) is 5.91 Å². The smallest absolute Gasteiger partial charge is 0.269 e. The van der Waals surface area contributed by atoms with E-state index in [1.54, 1.807) is 6.20 Å². The summed E-state index contributed by atoms with van der Waals surface area (Å²) in [5.41, 5.74) is 12.9. The molecule has 1 amide bonds. The quantitative estimate of drug-likeness (QED) is 0.226. The van der Waals surface area contributed by atoms with Gasteiger partial charge in [-0.2, -0.15) is 5.10 Å². The summed E-state index contributed by atoms with van der Waals surface area (Å²) in [5.74, 6) is -0.550. The predicted molar refractivity (Wildman–Crippen MR) is 109 cm³/mol. The molecule has 146 valence electrons. The van der Waals surface area contributed by atoms with Crippen molar-refractivity contribution in [1.82, 2.24) is 25.1 Å². The molecule has 6 N–H and O–H groups in total. The molecule has 2 aromatic heterocycles. The molecule has 1 fully saturated rings. The van der Waals surface area contributed by atoms with E-state index >= 15 is 0 Å². The van der Waals surface area contributed by atoms with E-state index < -0.39 is 5.91 Å². The SMILES string of the molecule is CSc1ncc2ccc3c(C(N)=O)nn(C4CCC(NC(=N)N)CC4)c3c2n1. The van der Waals surface area contributed by atoms with E-state index in [4.69, 9.17) is 16.9 Å². The molecule has 0 radical (unpaired) electrons. The number of nitrogens with one attached hydrogen (secondary N) is 2. The molecule has 1 aromatic carbocycles. The van der Waals surface area contributed by atoms with Gasteiger partial charge in [-0.3, -0.25) is 14.9 Å². The molecule has 1 aliphatic carbocycles. The summed E-state index contributed by atoms with van der Waals surface area (Å²) in [7, 11) is 0. The van der Waals surface area contributed by atoms with E-state index in [2.05, 4.69) is 20.4 Å². The summed E-state index contributed by atoms with van der Waals surface area (Å²) >= 11 is 1.47. The summed E-state index contributed by atoms with van der Waals surface area (Å²) in [5, 5.41) is 17.3. The lowest BCUT2D eigenvalue weighted by atomic mass is 9.91. The van der Waals surface area contributed by atoms with E-state index in [9.17, 15) is 4.79 Å². The minimum absolute atomic E-state index is 0.00343. The van der Waals surface area contributed by atoms with Gasteiger partial charge in [0.05, 0.1) is 11.6 Å². The third-order valence-corrected chi connectivity index (χ3v) is 5.78. The van der Waals surface area contributed by atoms with E-state index in [1.807, 2.05) is 23.1 Å². The topological polar surface area (TPSA) is 149 Å². The lowest BCUT2D eigenvalue weighted by Gasteiger charge is -2.29. The molecular formula is C18H22N8OS. The number of fused-ring (bicyclic) bond motifs is 3. The van der Waals surface area contributed by atoms with Crippen LogP contribution in [-0.2, 0) is 0 Å². The summed E-state index contributed by atoms with van der Waals surface area (Å²) in [6.07, 6.45) is 7.17. The number of guanidine groups is 1. The van der Waals surface area contributed by atoms with Crippen LogP contribution in [0.25, 0.3) is 21.8 Å². The second-order valence-corrected chi connectivity index (χ2v) is 7.75. The van der Waals surface area contributed by atoms with Gasteiger partial charge >= 0.3 is 0 Å². The van der Waals surface area contributed by atoms with E-state index in [1.165, 1.54) is 11.8 Å². The minimum Gasteiger partial charge on any atom is -0.370 e. The Labute approximate surface area is 165 Å². The highest BCUT2D eigenvalue weighted by molar-refractivity contribution is 7.98. The van der Waals surface area contributed by atoms with E-state index in [0.29, 0.717) is 5.16 Å². The zero-order valence-electron chi connectivity index (χ0n) is 15.5. The number of nitrogens with zero attached hydrogens (tertiary/aromatic N) is 4. The van der Waals surface area contributed by atoms with E-state index in [-0.39, 0.29) is 23.7 Å². The highest BCUT2D eigenvalue weighted by Crippen LogP contribution is 2.34. The Balaban J connectivity index is 1.82. The highest BCUT2D eigenvalue weighted by atomic mass is 32.2. The van der Waals surface area contributed by atoms with Crippen molar-refractivity contribution >= 4 is 45.4 Å². The standard InChI is InChI=1S/C18H22N8OS/c1-28-18-22-8-9-2-7-12-14(16(19)27)25-26(15(12)13(9)24-18)11-5-3-10(4-6-11)23-17(20)21/h2,7-8,10-11H,3-6H2,1H3,(H2,19,27)(H4,20,21,23). The number of hydrogen-bond acceptors (Lipinski definition) is 6. The fraction of sp³-hybridized carbons (Fsp3) is 0.389. The zero-order chi connectivity index (χ0) is 19.8. The Morgan fingerprint density at radius 3 is 2.68 bits per heavy atom. The molecule has 28 heavy (non-hydrogen) atoms. The van der Waals surface area contributed by atoms with Crippen LogP contribution in [0.15, 0.2) is 23.5 Å². The maximum atomic E-state index is 12.0. The molecule has 9 nitrogen and oxygen atoms in total. The van der Waals surface area contributed by atoms with Gasteiger partial charge in [0.2, 0.25) is 0 Å². The lowest BCUT2D eigenvalue weighted by molar-refractivity contribution is 0.0995. The minimum atomic E-state index is -0.547. The molecule has 1 saturated carbocycles. The Bertz CT molecular complexity index is 1070. The lowest BCUT2D eigenvalue weighted by Crippen LogP contribution is -2.41. The fourth-order valence-electron chi connectivity index (χ4n) is 3.93. The van der Waals surface area contributed by atoms with Crippen molar-refractivity contribution in [3.63, 3.8) is 0 Å². The maximum absolute atomic E-state index is 12.0. The second kappa shape index (κ2) is 7.27. The third kappa shape index (κ3) is 3.24. The van der Waals surface area contributed by atoms with Crippen LogP contribution in [0, 0.1) is 5.41 Å². The number of amides is 1. The first kappa shape index (κ1) is 18.5. The van der Waals surface area contributed by atoms with Gasteiger partial charge < -0.3 is 16.8 Å². The molecule has 0 saturated heterocycles. The van der Waals surface area contributed by atoms with Gasteiger partial charge in [-0.1, -0.05) is 17.8 Å². The number of carbonyl (C=O) groups excluding carboxylic acids is 1. The largest absolute Gasteiger partial charge is 0.370 e. The Morgan fingerprint density at radius 1 is 1.29 bits per heavy atom. The molecule has 0 unspecified atom stereocenters. The van der Waals surface area contributed by atoms with Crippen LogP contribution in [0.3, 0.4) is 0 Å². The van der Waals surface area contributed by atoms with Crippen LogP contribution in [0.1, 0.15) is 42.2 Å². The number of thioether (sulfide) groups is 1. The van der Waals surface area contributed by atoms with Crippen LogP contribution < -0.4 is 16.8 Å². The van der Waals surface area contributed by atoms with Crippen molar-refractivity contribution in [3.8, 4) is 0 Å². The normalized spacial score (nSPS) is 19.8. The first-order valence-corrected chi connectivity index (χ1v) is 10.3. The molecular weight excluding hydrogens is 376 g/mol. The second-order valence-electron chi connectivity index (χ2n) is 6.98. The van der Waals surface area contributed by atoms with Gasteiger partial charge in [0.15, 0.2) is 16.8 Å². The first-order valence-electron chi connectivity index (χ1n) is 9.10. The van der Waals surface area contributed by atoms with Crippen molar-refractivity contribution < 1.29 is 4.79 Å². The van der Waals surface area contributed by atoms with Gasteiger partial charge in [0.1, 0.15) is 5.52 Å². The fourth-order valence-corrected chi connectivity index (χ4v) is 4.27. The highest BCUT2D eigenvalue weighted by Gasteiger charge is 2.27. The number of primary amides is 1. The summed E-state index contributed by atoms with van der Waals surface area (Å²) in [4.78, 5) is 21.0. The van der Waals surface area contributed by atoms with Crippen LogP contribution in [0.2, 0.25) is 0 Å². The maximum Gasteiger partial charge on any atom is 0.269 e. The number of aromatic nitrogens is 4. The van der Waals surface area contributed by atoms with Crippen molar-refractivity contribution in [2.75, 3.05) is 6.26 Å². The Morgan fingerprint density at radius 2 is 2.04 bits per heavy atom. The van der Waals surface area contributed by atoms with Crippen molar-refractivity contribution in [2.45, 2.75) is 42.9 Å². The molecule has 0 spiro atoms. The van der Waals surface area contributed by atoms with Gasteiger partial charge in [-0.05, 0) is 38.0 Å². The molecule has 1 aliphatic rings. The number of hydrogen-bond donors (Lipinski definition) is 4. The molecule has 10 heteroatoms. The number of carbonyl (C=O) groups is 1. The molecule has 0 atom stereocenters. The zero-order valence-corrected chi connectivity index (χ0v) is 16.3. The predicted octanol–water partition coefficient (Wildman–Crippen LogP) is 1.77. The van der Waals surface area contributed by atoms with Crippen LogP contribution in [0.5, 0.6) is 0 Å². The van der Waals surface area contributed by atoms with Gasteiger partial charge in [-0.15, -0.1) is 0 Å². The Hall–Kier alpha value is -2.88. The van der Waals surface area contributed by atoms with Crippen molar-refractivity contribution in [1.29, 1.82) is 5.41 Å². The van der Waals surface area contributed by atoms with Crippen LogP contribution in [-0.4, -0.2) is 43.9 Å². The molecule has 0 bridgehead atoms. The van der Waals surface area contributed by atoms with Crippen LogP contribution >= 0.6 is 11.8 Å². The monoisotopic (exact) mass is 398 g/mol. The average Bonchev–Trinajstić information content (AvgIpc) is 3.08. The third-order valence-electron chi connectivity index (χ3n) is 5.21. The van der Waals surface area contributed by atoms with Crippen molar-refractivity contribution in [3.05, 3.63) is 24.0 Å². The summed E-state index contributed by atoms with van der Waals surface area (Å²) < 4.78 is 1.92. The number of nitrogens with two attached hydrogens (primary N) is 2. The Kier molecular flexibility index (Phi) is 4.80. The van der Waals surface area contributed by atoms with Crippen molar-refractivity contribution in [2.24, 2.45) is 11.5 Å². The number of rotatable bonds is 4. The molecule has 0 aliphatic heterocycles. The van der Waals surface area contributed by atoms with E-state index in [0.717, 1.165) is 47.5 Å². The molecule has 2 heterocycles. The summed E-state index contributed by atoms with van der Waals surface area (Å²) in [6, 6.07) is 4.08. The summed E-state index contributed by atoms with van der Waals surface area (Å²) in [6.45, 7) is 0. The van der Waals surface area contributed by atoms with Crippen LogP contribution in [0.4, 0.5) is 0 Å². The van der Waals surface area contributed by atoms with Gasteiger partial charge in [0, 0.05) is 23.0 Å². The number of benzene rings is 1. The van der Waals surface area contributed by atoms with Gasteiger partial charge in [-0.25, -0.2) is 9.97 Å². The molecule has 3 aromatic rings.